The van der Waals surface area contributed by atoms with Crippen LogP contribution in [-0.2, 0) is 27.5 Å². The standard InChI is InChI=1S/C25H25F3N2O5S/c1-17-7-10-21(11-8-17)36(32,33)30(20-6-4-5-19(14-20)25(26,27)28)16-24(31)29-15-18-9-12-22(34-2)23(13-18)35-3/h4-14H,15-16H2,1-3H3,(H,29,31). The second kappa shape index (κ2) is 10.9. The summed E-state index contributed by atoms with van der Waals surface area (Å²) in [6.45, 7) is 1.06. The van der Waals surface area contributed by atoms with Gasteiger partial charge in [-0.05, 0) is 55.0 Å². The highest BCUT2D eigenvalue weighted by molar-refractivity contribution is 7.92. The Balaban J connectivity index is 1.90. The van der Waals surface area contributed by atoms with E-state index in [9.17, 15) is 26.4 Å². The van der Waals surface area contributed by atoms with Crippen molar-refractivity contribution in [1.82, 2.24) is 5.32 Å². The van der Waals surface area contributed by atoms with Crippen LogP contribution in [0.15, 0.2) is 71.6 Å². The molecular weight excluding hydrogens is 497 g/mol. The van der Waals surface area contributed by atoms with E-state index in [2.05, 4.69) is 5.32 Å². The molecule has 11 heteroatoms. The lowest BCUT2D eigenvalue weighted by Crippen LogP contribution is -2.40. The van der Waals surface area contributed by atoms with E-state index >= 15 is 0 Å². The van der Waals surface area contributed by atoms with Crippen molar-refractivity contribution in [3.63, 3.8) is 0 Å². The lowest BCUT2D eigenvalue weighted by molar-refractivity contribution is -0.137. The molecule has 192 valence electrons. The second-order valence-electron chi connectivity index (χ2n) is 7.84. The smallest absolute Gasteiger partial charge is 0.416 e. The molecule has 0 heterocycles. The summed E-state index contributed by atoms with van der Waals surface area (Å²) in [7, 11) is -1.42. The van der Waals surface area contributed by atoms with Crippen molar-refractivity contribution in [2.24, 2.45) is 0 Å². The first kappa shape index (κ1) is 26.9. The van der Waals surface area contributed by atoms with E-state index in [1.54, 1.807) is 37.3 Å². The molecule has 1 amide bonds. The monoisotopic (exact) mass is 522 g/mol. The fraction of sp³-hybridized carbons (Fsp3) is 0.240. The Morgan fingerprint density at radius 2 is 1.61 bits per heavy atom. The number of hydrogen-bond acceptors (Lipinski definition) is 5. The van der Waals surface area contributed by atoms with E-state index in [4.69, 9.17) is 9.47 Å². The summed E-state index contributed by atoms with van der Waals surface area (Å²) in [6.07, 6.45) is -4.69. The minimum atomic E-state index is -4.69. The molecule has 0 aliphatic rings. The van der Waals surface area contributed by atoms with Gasteiger partial charge in [0.15, 0.2) is 11.5 Å². The van der Waals surface area contributed by atoms with Gasteiger partial charge < -0.3 is 14.8 Å². The molecule has 0 bridgehead atoms. The lowest BCUT2D eigenvalue weighted by Gasteiger charge is -2.25. The van der Waals surface area contributed by atoms with Crippen LogP contribution < -0.4 is 19.1 Å². The van der Waals surface area contributed by atoms with Gasteiger partial charge in [0, 0.05) is 6.54 Å². The zero-order valence-corrected chi connectivity index (χ0v) is 20.6. The number of benzene rings is 3. The predicted octanol–water partition coefficient (Wildman–Crippen LogP) is 4.54. The number of halogens is 3. The van der Waals surface area contributed by atoms with Gasteiger partial charge in [-0.25, -0.2) is 8.42 Å². The van der Waals surface area contributed by atoms with Gasteiger partial charge in [-0.1, -0.05) is 29.8 Å². The molecule has 0 spiro atoms. The molecule has 0 radical (unpaired) electrons. The average molecular weight is 523 g/mol. The lowest BCUT2D eigenvalue weighted by atomic mass is 10.2. The molecule has 0 atom stereocenters. The molecule has 0 saturated carbocycles. The van der Waals surface area contributed by atoms with Crippen LogP contribution in [0.25, 0.3) is 0 Å². The summed E-state index contributed by atoms with van der Waals surface area (Å²) in [6, 6.07) is 14.6. The topological polar surface area (TPSA) is 84.9 Å². The fourth-order valence-electron chi connectivity index (χ4n) is 3.37. The first-order valence-electron chi connectivity index (χ1n) is 10.7. The molecule has 0 fully saturated rings. The number of nitrogens with one attached hydrogen (secondary N) is 1. The Kier molecular flexibility index (Phi) is 8.13. The minimum absolute atomic E-state index is 0.0280. The maximum absolute atomic E-state index is 13.4. The highest BCUT2D eigenvalue weighted by atomic mass is 32.2. The SMILES string of the molecule is COc1ccc(CNC(=O)CN(c2cccc(C(F)(F)F)c2)S(=O)(=O)c2ccc(C)cc2)cc1OC. The zero-order chi connectivity index (χ0) is 26.5. The molecule has 0 unspecified atom stereocenters. The third-order valence-corrected chi connectivity index (χ3v) is 7.08. The number of sulfonamides is 1. The molecule has 0 aliphatic heterocycles. The van der Waals surface area contributed by atoms with Crippen LogP contribution in [0, 0.1) is 6.92 Å². The first-order chi connectivity index (χ1) is 17.0. The molecule has 0 aliphatic carbocycles. The van der Waals surface area contributed by atoms with Gasteiger partial charge in [-0.2, -0.15) is 13.2 Å². The number of hydrogen-bond donors (Lipinski definition) is 1. The number of methoxy groups -OCH3 is 2. The third kappa shape index (κ3) is 6.28. The molecule has 0 aromatic heterocycles. The van der Waals surface area contributed by atoms with Gasteiger partial charge >= 0.3 is 6.18 Å². The number of amides is 1. The van der Waals surface area contributed by atoms with Crippen molar-refractivity contribution >= 4 is 21.6 Å². The quantitative estimate of drug-likeness (QED) is 0.446. The Bertz CT molecular complexity index is 1330. The number of alkyl halides is 3. The Morgan fingerprint density at radius 1 is 0.944 bits per heavy atom. The molecule has 3 aromatic carbocycles. The van der Waals surface area contributed by atoms with Gasteiger partial charge in [-0.15, -0.1) is 0 Å². The third-order valence-electron chi connectivity index (χ3n) is 5.30. The summed E-state index contributed by atoms with van der Waals surface area (Å²) < 4.78 is 77.8. The van der Waals surface area contributed by atoms with Crippen LogP contribution in [0.5, 0.6) is 11.5 Å². The largest absolute Gasteiger partial charge is 0.493 e. The van der Waals surface area contributed by atoms with Crippen molar-refractivity contribution in [1.29, 1.82) is 0 Å². The van der Waals surface area contributed by atoms with Crippen LogP contribution in [0.4, 0.5) is 18.9 Å². The van der Waals surface area contributed by atoms with E-state index in [0.717, 1.165) is 17.7 Å². The van der Waals surface area contributed by atoms with E-state index < -0.39 is 34.2 Å². The van der Waals surface area contributed by atoms with Crippen LogP contribution >= 0.6 is 0 Å². The number of anilines is 1. The van der Waals surface area contributed by atoms with Crippen LogP contribution in [-0.4, -0.2) is 35.1 Å². The van der Waals surface area contributed by atoms with Crippen LogP contribution in [0.1, 0.15) is 16.7 Å². The minimum Gasteiger partial charge on any atom is -0.493 e. The van der Waals surface area contributed by atoms with Crippen molar-refractivity contribution in [2.75, 3.05) is 25.1 Å². The van der Waals surface area contributed by atoms with Gasteiger partial charge in [-0.3, -0.25) is 9.10 Å². The molecular formula is C25H25F3N2O5S. The predicted molar refractivity (Wildman–Crippen MR) is 129 cm³/mol. The van der Waals surface area contributed by atoms with Crippen LogP contribution in [0.2, 0.25) is 0 Å². The second-order valence-corrected chi connectivity index (χ2v) is 9.70. The van der Waals surface area contributed by atoms with Crippen molar-refractivity contribution in [2.45, 2.75) is 24.5 Å². The highest BCUT2D eigenvalue weighted by Crippen LogP contribution is 2.33. The van der Waals surface area contributed by atoms with Crippen molar-refractivity contribution in [3.8, 4) is 11.5 Å². The molecule has 7 nitrogen and oxygen atoms in total. The number of ether oxygens (including phenoxy) is 2. The Labute approximate surface area is 207 Å². The average Bonchev–Trinajstić information content (AvgIpc) is 2.85. The summed E-state index contributed by atoms with van der Waals surface area (Å²) in [5, 5.41) is 2.60. The number of rotatable bonds is 9. The van der Waals surface area contributed by atoms with E-state index in [0.29, 0.717) is 27.4 Å². The maximum atomic E-state index is 13.4. The molecule has 3 aromatic rings. The summed E-state index contributed by atoms with van der Waals surface area (Å²) >= 11 is 0. The van der Waals surface area contributed by atoms with Gasteiger partial charge in [0.25, 0.3) is 10.0 Å². The number of carbonyl (C=O) groups is 1. The Morgan fingerprint density at radius 3 is 2.22 bits per heavy atom. The van der Waals surface area contributed by atoms with Gasteiger partial charge in [0.05, 0.1) is 30.4 Å². The van der Waals surface area contributed by atoms with Crippen LogP contribution in [0.3, 0.4) is 0 Å². The molecule has 3 rings (SSSR count). The van der Waals surface area contributed by atoms with Crippen molar-refractivity contribution < 1.29 is 35.9 Å². The number of nitrogens with zero attached hydrogens (tertiary/aromatic N) is 1. The van der Waals surface area contributed by atoms with E-state index in [1.807, 2.05) is 0 Å². The number of aryl methyl sites for hydroxylation is 1. The number of carbonyl (C=O) groups excluding carboxylic acids is 1. The summed E-state index contributed by atoms with van der Waals surface area (Å²) in [5.41, 5.74) is 0.127. The van der Waals surface area contributed by atoms with E-state index in [-0.39, 0.29) is 17.1 Å². The summed E-state index contributed by atoms with van der Waals surface area (Å²) in [4.78, 5) is 12.6. The fourth-order valence-corrected chi connectivity index (χ4v) is 4.78. The first-order valence-corrected chi connectivity index (χ1v) is 12.1. The van der Waals surface area contributed by atoms with Gasteiger partial charge in [0.2, 0.25) is 5.91 Å². The normalized spacial score (nSPS) is 11.6. The zero-order valence-electron chi connectivity index (χ0n) is 19.8. The maximum Gasteiger partial charge on any atom is 0.416 e. The Hall–Kier alpha value is -3.73. The van der Waals surface area contributed by atoms with E-state index in [1.165, 1.54) is 32.4 Å². The van der Waals surface area contributed by atoms with Crippen molar-refractivity contribution in [3.05, 3.63) is 83.4 Å². The highest BCUT2D eigenvalue weighted by Gasteiger charge is 2.33. The molecule has 36 heavy (non-hydrogen) atoms. The molecule has 1 N–H and O–H groups in total. The summed E-state index contributed by atoms with van der Waals surface area (Å²) in [5.74, 6) is 0.224. The molecule has 0 saturated heterocycles. The van der Waals surface area contributed by atoms with Gasteiger partial charge in [0.1, 0.15) is 6.54 Å².